The van der Waals surface area contributed by atoms with Gasteiger partial charge in [-0.2, -0.15) is 0 Å². The Morgan fingerprint density at radius 2 is 1.94 bits per heavy atom. The molecule has 0 unspecified atom stereocenters. The molecule has 0 bridgehead atoms. The van der Waals surface area contributed by atoms with E-state index in [0.29, 0.717) is 23.0 Å². The summed E-state index contributed by atoms with van der Waals surface area (Å²) >= 11 is 6.23. The number of carbonyl (C=O) groups is 1. The third-order valence-electron chi connectivity index (χ3n) is 6.19. The molecule has 1 heterocycles. The van der Waals surface area contributed by atoms with Crippen LogP contribution in [-0.4, -0.2) is 21.9 Å². The molecule has 0 atom stereocenters. The average Bonchev–Trinajstić information content (AvgIpc) is 2.78. The summed E-state index contributed by atoms with van der Waals surface area (Å²) < 4.78 is 0. The Bertz CT molecular complexity index is 1100. The molecular formula is C26H29ClN2O2. The molecule has 1 aliphatic rings. The van der Waals surface area contributed by atoms with Crippen LogP contribution in [0.25, 0.3) is 22.0 Å². The summed E-state index contributed by atoms with van der Waals surface area (Å²) in [6.07, 6.45) is 9.01. The van der Waals surface area contributed by atoms with Crippen molar-refractivity contribution in [3.63, 3.8) is 0 Å². The van der Waals surface area contributed by atoms with E-state index >= 15 is 0 Å². The van der Waals surface area contributed by atoms with E-state index in [4.69, 9.17) is 11.6 Å². The van der Waals surface area contributed by atoms with Crippen molar-refractivity contribution in [3.05, 3.63) is 52.7 Å². The van der Waals surface area contributed by atoms with Gasteiger partial charge < -0.3 is 10.4 Å². The Morgan fingerprint density at radius 3 is 2.65 bits per heavy atom. The number of phenolic OH excluding ortho intramolecular Hbond substituents is 1. The minimum Gasteiger partial charge on any atom is -0.506 e. The molecule has 1 saturated carbocycles. The number of fused-ring (bicyclic) bond motifs is 1. The zero-order valence-corrected chi connectivity index (χ0v) is 18.9. The van der Waals surface area contributed by atoms with Crippen LogP contribution >= 0.6 is 11.6 Å². The van der Waals surface area contributed by atoms with Gasteiger partial charge in [-0.25, -0.2) is 0 Å². The zero-order chi connectivity index (χ0) is 22.0. The molecule has 0 amide bonds. The Morgan fingerprint density at radius 1 is 1.16 bits per heavy atom. The number of carbonyl (C=O) groups excluding carboxylic acids is 1. The third kappa shape index (κ3) is 4.54. The highest BCUT2D eigenvalue weighted by atomic mass is 35.5. The Balaban J connectivity index is 1.85. The molecule has 0 spiro atoms. The average molecular weight is 437 g/mol. The number of nitrogens with zero attached hydrogens (tertiary/aromatic N) is 1. The first-order valence-corrected chi connectivity index (χ1v) is 11.6. The van der Waals surface area contributed by atoms with Gasteiger partial charge in [-0.05, 0) is 67.1 Å². The van der Waals surface area contributed by atoms with E-state index in [9.17, 15) is 9.90 Å². The maximum absolute atomic E-state index is 12.9. The van der Waals surface area contributed by atoms with Crippen molar-refractivity contribution in [1.82, 2.24) is 4.98 Å². The lowest BCUT2D eigenvalue weighted by atomic mass is 9.93. The molecule has 5 heteroatoms. The highest BCUT2D eigenvalue weighted by molar-refractivity contribution is 6.32. The van der Waals surface area contributed by atoms with Gasteiger partial charge in [-0.1, -0.05) is 43.9 Å². The summed E-state index contributed by atoms with van der Waals surface area (Å²) in [7, 11) is 0. The molecule has 0 saturated heterocycles. The van der Waals surface area contributed by atoms with Crippen LogP contribution in [0.15, 0.2) is 36.5 Å². The fourth-order valence-electron chi connectivity index (χ4n) is 4.46. The predicted molar refractivity (Wildman–Crippen MR) is 128 cm³/mol. The van der Waals surface area contributed by atoms with Gasteiger partial charge >= 0.3 is 0 Å². The number of benzene rings is 2. The van der Waals surface area contributed by atoms with Crippen molar-refractivity contribution < 1.29 is 9.90 Å². The Kier molecular flexibility index (Phi) is 6.47. The highest BCUT2D eigenvalue weighted by Gasteiger charge is 2.20. The van der Waals surface area contributed by atoms with Crippen LogP contribution in [0.4, 0.5) is 5.69 Å². The summed E-state index contributed by atoms with van der Waals surface area (Å²) in [5.74, 6) is 0.240. The molecular weight excluding hydrogens is 408 g/mol. The van der Waals surface area contributed by atoms with Gasteiger partial charge in [0.05, 0.1) is 21.8 Å². The molecule has 1 fully saturated rings. The first kappa shape index (κ1) is 21.6. The summed E-state index contributed by atoms with van der Waals surface area (Å²) in [6, 6.07) is 10.2. The third-order valence-corrected chi connectivity index (χ3v) is 6.47. The zero-order valence-electron chi connectivity index (χ0n) is 18.2. The largest absolute Gasteiger partial charge is 0.506 e. The maximum Gasteiger partial charge on any atom is 0.166 e. The number of Topliss-reactive ketones (excluding diaryl/α,β-unsaturated/α-hetero) is 1. The fourth-order valence-corrected chi connectivity index (χ4v) is 4.72. The van der Waals surface area contributed by atoms with Crippen molar-refractivity contribution in [2.45, 2.75) is 64.8 Å². The number of hydrogen-bond acceptors (Lipinski definition) is 4. The molecule has 1 aromatic heterocycles. The first-order chi connectivity index (χ1) is 15.0. The van der Waals surface area contributed by atoms with Crippen LogP contribution < -0.4 is 5.32 Å². The van der Waals surface area contributed by atoms with Crippen LogP contribution in [0.3, 0.4) is 0 Å². The first-order valence-electron chi connectivity index (χ1n) is 11.2. The Hall–Kier alpha value is -2.59. The van der Waals surface area contributed by atoms with Gasteiger partial charge in [0.25, 0.3) is 0 Å². The van der Waals surface area contributed by atoms with Gasteiger partial charge in [0, 0.05) is 24.0 Å². The van der Waals surface area contributed by atoms with Gasteiger partial charge in [0.2, 0.25) is 0 Å². The standard InChI is InChI=1S/C26H29ClN2O2/c1-3-7-24(30)21-15-28-23-11-10-17(18-12-16(2)26(31)22(27)14-18)13-20(23)25(21)29-19-8-5-4-6-9-19/h10-15,19,31H,3-9H2,1-2H3,(H,28,29). The van der Waals surface area contributed by atoms with Crippen molar-refractivity contribution in [3.8, 4) is 16.9 Å². The molecule has 1 aliphatic carbocycles. The second-order valence-corrected chi connectivity index (χ2v) is 8.96. The van der Waals surface area contributed by atoms with E-state index in [-0.39, 0.29) is 11.5 Å². The number of aromatic nitrogens is 1. The molecule has 0 radical (unpaired) electrons. The normalized spacial score (nSPS) is 14.7. The fraction of sp³-hybridized carbons (Fsp3) is 0.385. The molecule has 0 aliphatic heterocycles. The van der Waals surface area contributed by atoms with E-state index in [1.165, 1.54) is 19.3 Å². The smallest absolute Gasteiger partial charge is 0.166 e. The van der Waals surface area contributed by atoms with Crippen molar-refractivity contribution >= 4 is 34.0 Å². The minimum absolute atomic E-state index is 0.111. The van der Waals surface area contributed by atoms with E-state index in [1.54, 1.807) is 12.3 Å². The highest BCUT2D eigenvalue weighted by Crippen LogP contribution is 2.36. The lowest BCUT2D eigenvalue weighted by Crippen LogP contribution is -2.24. The molecule has 2 aromatic carbocycles. The monoisotopic (exact) mass is 436 g/mol. The minimum atomic E-state index is 0.111. The number of rotatable bonds is 6. The van der Waals surface area contributed by atoms with Crippen LogP contribution in [-0.2, 0) is 0 Å². The number of anilines is 1. The summed E-state index contributed by atoms with van der Waals surface area (Å²) in [4.78, 5) is 17.5. The molecule has 162 valence electrons. The lowest BCUT2D eigenvalue weighted by Gasteiger charge is -2.26. The predicted octanol–water partition coefficient (Wildman–Crippen LogP) is 7.30. The number of ketones is 1. The van der Waals surface area contributed by atoms with Crippen molar-refractivity contribution in [2.75, 3.05) is 5.32 Å². The van der Waals surface area contributed by atoms with E-state index < -0.39 is 0 Å². The van der Waals surface area contributed by atoms with E-state index in [1.807, 2.05) is 32.0 Å². The number of pyridine rings is 1. The SMILES string of the molecule is CCCC(=O)c1cnc2ccc(-c3cc(C)c(O)c(Cl)c3)cc2c1NC1CCCCC1. The molecule has 3 aromatic rings. The quantitative estimate of drug-likeness (QED) is 0.398. The molecule has 4 nitrogen and oxygen atoms in total. The van der Waals surface area contributed by atoms with Crippen molar-refractivity contribution in [2.24, 2.45) is 0 Å². The summed E-state index contributed by atoms with van der Waals surface area (Å²) in [5.41, 5.74) is 5.07. The van der Waals surface area contributed by atoms with Crippen LogP contribution in [0.5, 0.6) is 5.75 Å². The van der Waals surface area contributed by atoms with Gasteiger partial charge in [0.1, 0.15) is 5.75 Å². The number of phenols is 1. The van der Waals surface area contributed by atoms with Crippen LogP contribution in [0.2, 0.25) is 5.02 Å². The second kappa shape index (κ2) is 9.27. The Labute approximate surface area is 188 Å². The number of hydrogen-bond donors (Lipinski definition) is 2. The van der Waals surface area contributed by atoms with Gasteiger partial charge in [0.15, 0.2) is 5.78 Å². The van der Waals surface area contributed by atoms with Crippen LogP contribution in [0, 0.1) is 6.92 Å². The van der Waals surface area contributed by atoms with Gasteiger partial charge in [-0.3, -0.25) is 9.78 Å². The van der Waals surface area contributed by atoms with Gasteiger partial charge in [-0.15, -0.1) is 0 Å². The molecule has 4 rings (SSSR count). The number of nitrogens with one attached hydrogen (secondary N) is 1. The molecule has 31 heavy (non-hydrogen) atoms. The summed E-state index contributed by atoms with van der Waals surface area (Å²) in [6.45, 7) is 3.86. The summed E-state index contributed by atoms with van der Waals surface area (Å²) in [5, 5.41) is 15.0. The van der Waals surface area contributed by atoms with E-state index in [2.05, 4.69) is 16.4 Å². The van der Waals surface area contributed by atoms with Crippen LogP contribution in [0.1, 0.15) is 67.8 Å². The number of halogens is 1. The number of aromatic hydroxyl groups is 1. The second-order valence-electron chi connectivity index (χ2n) is 8.55. The topological polar surface area (TPSA) is 62.2 Å². The van der Waals surface area contributed by atoms with Crippen molar-refractivity contribution in [1.29, 1.82) is 0 Å². The lowest BCUT2D eigenvalue weighted by molar-refractivity contribution is 0.0982. The molecule has 2 N–H and O–H groups in total. The maximum atomic E-state index is 12.9. The number of aryl methyl sites for hydroxylation is 1. The van der Waals surface area contributed by atoms with E-state index in [0.717, 1.165) is 52.5 Å².